The molecule has 1 aliphatic rings. The van der Waals surface area contributed by atoms with E-state index in [1.807, 2.05) is 17.5 Å². The van der Waals surface area contributed by atoms with Crippen LogP contribution >= 0.6 is 11.3 Å². The fourth-order valence-electron chi connectivity index (χ4n) is 3.38. The Hall–Kier alpha value is -1.19. The molecule has 2 aromatic heterocycles. The molecule has 2 atom stereocenters. The molecule has 0 saturated heterocycles. The highest BCUT2D eigenvalue weighted by Gasteiger charge is 2.30. The van der Waals surface area contributed by atoms with Gasteiger partial charge in [-0.3, -0.25) is 4.98 Å². The number of fused-ring (bicyclic) bond motifs is 1. The summed E-state index contributed by atoms with van der Waals surface area (Å²) in [5.74, 6) is 0.512. The molecule has 2 heterocycles. The van der Waals surface area contributed by atoms with Crippen LogP contribution in [0.25, 0.3) is 0 Å². The normalized spacial score (nSPS) is 19.2. The predicted octanol–water partition coefficient (Wildman–Crippen LogP) is 4.48. The maximum Gasteiger partial charge on any atom is 0.0499 e. The van der Waals surface area contributed by atoms with E-state index in [4.69, 9.17) is 4.98 Å². The quantitative estimate of drug-likeness (QED) is 0.881. The molecule has 21 heavy (non-hydrogen) atoms. The average molecular weight is 300 g/mol. The number of nitrogens with zero attached hydrogens (tertiary/aromatic N) is 1. The summed E-state index contributed by atoms with van der Waals surface area (Å²) in [5.41, 5.74) is 2.77. The molecule has 112 valence electrons. The van der Waals surface area contributed by atoms with E-state index < -0.39 is 0 Å². The Morgan fingerprint density at radius 3 is 3.00 bits per heavy atom. The third-order valence-corrected chi connectivity index (χ3v) is 5.72. The molecule has 2 unspecified atom stereocenters. The summed E-state index contributed by atoms with van der Waals surface area (Å²) in [4.78, 5) is 7.67. The van der Waals surface area contributed by atoms with E-state index in [-0.39, 0.29) is 0 Å². The maximum absolute atomic E-state index is 4.72. The highest BCUT2D eigenvalue weighted by atomic mass is 32.1. The molecule has 0 bridgehead atoms. The first-order valence-corrected chi connectivity index (χ1v) is 8.91. The summed E-state index contributed by atoms with van der Waals surface area (Å²) < 4.78 is 0. The van der Waals surface area contributed by atoms with Gasteiger partial charge in [0, 0.05) is 33.6 Å². The van der Waals surface area contributed by atoms with E-state index in [0.717, 1.165) is 13.0 Å². The van der Waals surface area contributed by atoms with Crippen LogP contribution in [0.5, 0.6) is 0 Å². The number of likely N-dealkylation sites (N-methyl/N-ethyl adjacent to an activating group) is 1. The van der Waals surface area contributed by atoms with Gasteiger partial charge < -0.3 is 5.32 Å². The van der Waals surface area contributed by atoms with Crippen LogP contribution in [-0.4, -0.2) is 11.5 Å². The summed E-state index contributed by atoms with van der Waals surface area (Å²) in [6, 6.07) is 9.34. The third-order valence-electron chi connectivity index (χ3n) is 4.40. The molecule has 2 nitrogen and oxygen atoms in total. The first-order valence-electron chi connectivity index (χ1n) is 8.09. The van der Waals surface area contributed by atoms with Crippen molar-refractivity contribution in [1.82, 2.24) is 10.3 Å². The molecule has 0 saturated carbocycles. The zero-order valence-electron chi connectivity index (χ0n) is 12.9. The Labute approximate surface area is 131 Å². The molecule has 1 aliphatic carbocycles. The van der Waals surface area contributed by atoms with Crippen LogP contribution in [0.3, 0.4) is 0 Å². The van der Waals surface area contributed by atoms with Crippen molar-refractivity contribution in [2.75, 3.05) is 6.54 Å². The molecular formula is C18H24N2S. The van der Waals surface area contributed by atoms with Crippen molar-refractivity contribution in [2.45, 2.75) is 51.5 Å². The van der Waals surface area contributed by atoms with Gasteiger partial charge in [-0.15, -0.1) is 11.3 Å². The average Bonchev–Trinajstić information content (AvgIpc) is 3.01. The van der Waals surface area contributed by atoms with Crippen LogP contribution in [0.1, 0.15) is 59.7 Å². The van der Waals surface area contributed by atoms with Crippen molar-refractivity contribution >= 4 is 11.3 Å². The second kappa shape index (κ2) is 6.71. The highest BCUT2D eigenvalue weighted by Crippen LogP contribution is 2.41. The summed E-state index contributed by atoms with van der Waals surface area (Å²) in [6.07, 6.45) is 6.77. The fraction of sp³-hybridized carbons (Fsp3) is 0.500. The number of nitrogens with one attached hydrogen (secondary N) is 1. The van der Waals surface area contributed by atoms with Crippen molar-refractivity contribution in [3.8, 4) is 0 Å². The highest BCUT2D eigenvalue weighted by molar-refractivity contribution is 7.12. The van der Waals surface area contributed by atoms with Gasteiger partial charge in [0.25, 0.3) is 0 Å². The minimum Gasteiger partial charge on any atom is -0.309 e. The molecule has 0 fully saturated rings. The van der Waals surface area contributed by atoms with E-state index in [2.05, 4.69) is 43.4 Å². The number of thiophene rings is 1. The third kappa shape index (κ3) is 3.04. The van der Waals surface area contributed by atoms with Gasteiger partial charge in [-0.05, 0) is 56.0 Å². The zero-order valence-corrected chi connectivity index (χ0v) is 13.7. The van der Waals surface area contributed by atoms with Crippen LogP contribution < -0.4 is 5.32 Å². The first kappa shape index (κ1) is 14.7. The van der Waals surface area contributed by atoms with Gasteiger partial charge in [0.1, 0.15) is 0 Å². The second-order valence-electron chi connectivity index (χ2n) is 5.74. The van der Waals surface area contributed by atoms with E-state index in [9.17, 15) is 0 Å². The van der Waals surface area contributed by atoms with Crippen LogP contribution in [0.4, 0.5) is 0 Å². The molecule has 3 heteroatoms. The number of pyridine rings is 1. The van der Waals surface area contributed by atoms with Gasteiger partial charge in [-0.1, -0.05) is 19.9 Å². The molecule has 3 rings (SSSR count). The molecule has 0 aliphatic heterocycles. The fourth-order valence-corrected chi connectivity index (χ4v) is 4.48. The number of aromatic nitrogens is 1. The monoisotopic (exact) mass is 300 g/mol. The number of hydrogen-bond donors (Lipinski definition) is 1. The van der Waals surface area contributed by atoms with Gasteiger partial charge in [-0.2, -0.15) is 0 Å². The molecule has 2 aromatic rings. The van der Waals surface area contributed by atoms with Gasteiger partial charge in [0.2, 0.25) is 0 Å². The largest absolute Gasteiger partial charge is 0.309 e. The first-order chi connectivity index (χ1) is 10.3. The van der Waals surface area contributed by atoms with Crippen LogP contribution in [0, 0.1) is 0 Å². The molecule has 0 radical (unpaired) electrons. The van der Waals surface area contributed by atoms with E-state index >= 15 is 0 Å². The minimum atomic E-state index is 0.411. The Kier molecular flexibility index (Phi) is 4.71. The predicted molar refractivity (Wildman–Crippen MR) is 90.0 cm³/mol. The van der Waals surface area contributed by atoms with Gasteiger partial charge in [0.15, 0.2) is 0 Å². The van der Waals surface area contributed by atoms with Crippen molar-refractivity contribution in [2.24, 2.45) is 0 Å². The molecular weight excluding hydrogens is 276 g/mol. The van der Waals surface area contributed by atoms with Crippen LogP contribution in [-0.2, 0) is 12.8 Å². The Bertz CT molecular complexity index is 590. The standard InChI is InChI=1S/C18H24N2S/c1-3-14-10-11-16(21-14)18(19-4-2)15-9-5-7-13-8-6-12-20-17(13)15/h6,8,10-12,15,18-19H,3-5,7,9H2,1-2H3. The van der Waals surface area contributed by atoms with Crippen molar-refractivity contribution in [3.05, 3.63) is 51.5 Å². The number of aryl methyl sites for hydroxylation is 2. The van der Waals surface area contributed by atoms with Crippen LogP contribution in [0.2, 0.25) is 0 Å². The Morgan fingerprint density at radius 1 is 1.33 bits per heavy atom. The SMILES string of the molecule is CCNC(c1ccc(CC)s1)C1CCCc2cccnc21. The smallest absolute Gasteiger partial charge is 0.0499 e. The van der Waals surface area contributed by atoms with Gasteiger partial charge in [-0.25, -0.2) is 0 Å². The van der Waals surface area contributed by atoms with Crippen molar-refractivity contribution in [3.63, 3.8) is 0 Å². The van der Waals surface area contributed by atoms with Gasteiger partial charge >= 0.3 is 0 Å². The minimum absolute atomic E-state index is 0.411. The summed E-state index contributed by atoms with van der Waals surface area (Å²) in [6.45, 7) is 5.43. The summed E-state index contributed by atoms with van der Waals surface area (Å²) in [5, 5.41) is 3.72. The Balaban J connectivity index is 1.94. The maximum atomic E-state index is 4.72. The molecule has 0 amide bonds. The van der Waals surface area contributed by atoms with Crippen molar-refractivity contribution < 1.29 is 0 Å². The lowest BCUT2D eigenvalue weighted by molar-refractivity contribution is 0.405. The lowest BCUT2D eigenvalue weighted by Crippen LogP contribution is -2.29. The molecule has 0 spiro atoms. The number of rotatable bonds is 5. The molecule has 1 N–H and O–H groups in total. The second-order valence-corrected chi connectivity index (χ2v) is 6.94. The van der Waals surface area contributed by atoms with E-state index in [1.165, 1.54) is 40.3 Å². The van der Waals surface area contributed by atoms with E-state index in [0.29, 0.717) is 12.0 Å². The van der Waals surface area contributed by atoms with Crippen LogP contribution in [0.15, 0.2) is 30.5 Å². The van der Waals surface area contributed by atoms with Gasteiger partial charge in [0.05, 0.1) is 0 Å². The van der Waals surface area contributed by atoms with Crippen molar-refractivity contribution in [1.29, 1.82) is 0 Å². The van der Waals surface area contributed by atoms with E-state index in [1.54, 1.807) is 0 Å². The zero-order chi connectivity index (χ0) is 14.7. The summed E-state index contributed by atoms with van der Waals surface area (Å²) in [7, 11) is 0. The topological polar surface area (TPSA) is 24.9 Å². The summed E-state index contributed by atoms with van der Waals surface area (Å²) >= 11 is 1.96. The lowest BCUT2D eigenvalue weighted by atomic mass is 9.81. The Morgan fingerprint density at radius 2 is 2.24 bits per heavy atom. The molecule has 0 aromatic carbocycles. The number of hydrogen-bond acceptors (Lipinski definition) is 3. The lowest BCUT2D eigenvalue weighted by Gasteiger charge is -2.31.